The van der Waals surface area contributed by atoms with Crippen molar-refractivity contribution in [2.45, 2.75) is 6.18 Å². The van der Waals surface area contributed by atoms with Crippen LogP contribution in [0.1, 0.15) is 5.56 Å². The first-order chi connectivity index (χ1) is 9.48. The number of carbonyl (C=O) groups excluding carboxylic acids is 1. The van der Waals surface area contributed by atoms with Crippen molar-refractivity contribution in [2.24, 2.45) is 0 Å². The summed E-state index contributed by atoms with van der Waals surface area (Å²) < 4.78 is 43.3. The van der Waals surface area contributed by atoms with Gasteiger partial charge in [0.25, 0.3) is 5.91 Å². The average Bonchev–Trinajstić information content (AvgIpc) is 2.45. The van der Waals surface area contributed by atoms with Crippen molar-refractivity contribution in [1.82, 2.24) is 10.2 Å². The molecule has 1 N–H and O–H groups in total. The van der Waals surface area contributed by atoms with E-state index >= 15 is 0 Å². The van der Waals surface area contributed by atoms with Crippen molar-refractivity contribution in [2.75, 3.05) is 32.8 Å². The lowest BCUT2D eigenvalue weighted by Crippen LogP contribution is -2.48. The van der Waals surface area contributed by atoms with Gasteiger partial charge in [-0.25, -0.2) is 0 Å². The molecule has 1 aliphatic heterocycles. The molecule has 1 saturated heterocycles. The molecular formula is C13H15F3N2O2. The number of carbonyl (C=O) groups is 1. The zero-order valence-electron chi connectivity index (χ0n) is 10.7. The zero-order valence-corrected chi connectivity index (χ0v) is 10.7. The van der Waals surface area contributed by atoms with Crippen LogP contribution >= 0.6 is 0 Å². The topological polar surface area (TPSA) is 41.6 Å². The minimum absolute atomic E-state index is 0.302. The molecule has 1 aromatic rings. The second kappa shape index (κ2) is 6.13. The number of para-hydroxylation sites is 1. The lowest BCUT2D eigenvalue weighted by atomic mass is 10.2. The Morgan fingerprint density at radius 1 is 1.25 bits per heavy atom. The molecular weight excluding hydrogens is 273 g/mol. The summed E-state index contributed by atoms with van der Waals surface area (Å²) in [6.45, 7) is 2.08. The number of piperazine rings is 1. The quantitative estimate of drug-likeness (QED) is 0.917. The Hall–Kier alpha value is -1.76. The van der Waals surface area contributed by atoms with Crippen molar-refractivity contribution >= 4 is 5.91 Å². The number of benzene rings is 1. The summed E-state index contributed by atoms with van der Waals surface area (Å²) in [5.74, 6) is -0.619. The van der Waals surface area contributed by atoms with E-state index in [1.165, 1.54) is 18.2 Å². The average molecular weight is 288 g/mol. The Kier molecular flexibility index (Phi) is 4.49. The molecule has 7 heteroatoms. The maximum Gasteiger partial charge on any atom is 0.419 e. The van der Waals surface area contributed by atoms with Gasteiger partial charge in [-0.3, -0.25) is 4.79 Å². The van der Waals surface area contributed by atoms with Crippen LogP contribution < -0.4 is 10.1 Å². The van der Waals surface area contributed by atoms with Crippen LogP contribution in [0, 0.1) is 0 Å². The molecule has 1 aliphatic rings. The number of nitrogens with one attached hydrogen (secondary N) is 1. The number of hydrogen-bond acceptors (Lipinski definition) is 3. The summed E-state index contributed by atoms with van der Waals surface area (Å²) in [6, 6.07) is 4.88. The molecule has 2 rings (SSSR count). The number of nitrogens with zero attached hydrogens (tertiary/aromatic N) is 1. The third-order valence-corrected chi connectivity index (χ3v) is 3.01. The highest BCUT2D eigenvalue weighted by atomic mass is 19.4. The summed E-state index contributed by atoms with van der Waals surface area (Å²) in [5.41, 5.74) is -0.867. The van der Waals surface area contributed by atoms with Gasteiger partial charge < -0.3 is 15.0 Å². The van der Waals surface area contributed by atoms with Crippen LogP contribution in [0.15, 0.2) is 24.3 Å². The Balaban J connectivity index is 1.98. The number of rotatable bonds is 3. The van der Waals surface area contributed by atoms with Gasteiger partial charge in [0, 0.05) is 26.2 Å². The second-order valence-corrected chi connectivity index (χ2v) is 4.41. The monoisotopic (exact) mass is 288 g/mol. The summed E-state index contributed by atoms with van der Waals surface area (Å²) in [4.78, 5) is 13.4. The Morgan fingerprint density at radius 2 is 1.90 bits per heavy atom. The van der Waals surface area contributed by atoms with Crippen molar-refractivity contribution in [3.63, 3.8) is 0 Å². The van der Waals surface area contributed by atoms with Crippen LogP contribution in [0.25, 0.3) is 0 Å². The predicted octanol–water partition coefficient (Wildman–Crippen LogP) is 1.52. The lowest BCUT2D eigenvalue weighted by molar-refractivity contribution is -0.141. The standard InChI is InChI=1S/C13H15F3N2O2/c14-13(15,16)10-3-1-2-4-11(10)20-9-12(19)18-7-5-17-6-8-18/h1-4,17H,5-9H2. The van der Waals surface area contributed by atoms with E-state index in [0.717, 1.165) is 6.07 Å². The highest BCUT2D eigenvalue weighted by Gasteiger charge is 2.34. The van der Waals surface area contributed by atoms with E-state index in [0.29, 0.717) is 26.2 Å². The molecule has 4 nitrogen and oxygen atoms in total. The minimum atomic E-state index is -4.49. The van der Waals surface area contributed by atoms with Crippen molar-refractivity contribution < 1.29 is 22.7 Å². The normalized spacial score (nSPS) is 16.1. The molecule has 0 spiro atoms. The van der Waals surface area contributed by atoms with Gasteiger partial charge in [-0.1, -0.05) is 12.1 Å². The maximum absolute atomic E-state index is 12.7. The van der Waals surface area contributed by atoms with Gasteiger partial charge in [0.1, 0.15) is 5.75 Å². The van der Waals surface area contributed by atoms with Crippen molar-refractivity contribution in [3.8, 4) is 5.75 Å². The molecule has 0 aromatic heterocycles. The van der Waals surface area contributed by atoms with Gasteiger partial charge in [-0.15, -0.1) is 0 Å². The fourth-order valence-corrected chi connectivity index (χ4v) is 1.97. The first kappa shape index (κ1) is 14.6. The smallest absolute Gasteiger partial charge is 0.419 e. The fourth-order valence-electron chi connectivity index (χ4n) is 1.97. The molecule has 0 saturated carbocycles. The summed E-state index contributed by atoms with van der Waals surface area (Å²) in [7, 11) is 0. The van der Waals surface area contributed by atoms with E-state index in [9.17, 15) is 18.0 Å². The maximum atomic E-state index is 12.7. The van der Waals surface area contributed by atoms with Crippen LogP contribution in [-0.4, -0.2) is 43.6 Å². The highest BCUT2D eigenvalue weighted by molar-refractivity contribution is 5.78. The largest absolute Gasteiger partial charge is 0.483 e. The zero-order chi connectivity index (χ0) is 14.6. The molecule has 1 aromatic carbocycles. The van der Waals surface area contributed by atoms with E-state index in [2.05, 4.69) is 5.32 Å². The van der Waals surface area contributed by atoms with E-state index in [4.69, 9.17) is 4.74 Å². The molecule has 0 radical (unpaired) electrons. The van der Waals surface area contributed by atoms with Crippen LogP contribution in [0.2, 0.25) is 0 Å². The minimum Gasteiger partial charge on any atom is -0.483 e. The van der Waals surface area contributed by atoms with Crippen LogP contribution in [0.4, 0.5) is 13.2 Å². The van der Waals surface area contributed by atoms with Crippen molar-refractivity contribution in [1.29, 1.82) is 0 Å². The molecule has 110 valence electrons. The second-order valence-electron chi connectivity index (χ2n) is 4.41. The number of halogens is 3. The fraction of sp³-hybridized carbons (Fsp3) is 0.462. The number of hydrogen-bond donors (Lipinski definition) is 1. The Morgan fingerprint density at radius 3 is 2.55 bits per heavy atom. The summed E-state index contributed by atoms with van der Waals surface area (Å²) in [5, 5.41) is 3.09. The summed E-state index contributed by atoms with van der Waals surface area (Å²) in [6.07, 6.45) is -4.49. The lowest BCUT2D eigenvalue weighted by Gasteiger charge is -2.27. The Bertz CT molecular complexity index is 471. The van der Waals surface area contributed by atoms with Gasteiger partial charge in [-0.2, -0.15) is 13.2 Å². The Labute approximate surface area is 114 Å². The van der Waals surface area contributed by atoms with Crippen LogP contribution in [-0.2, 0) is 11.0 Å². The number of amides is 1. The van der Waals surface area contributed by atoms with E-state index in [-0.39, 0.29) is 18.3 Å². The molecule has 20 heavy (non-hydrogen) atoms. The van der Waals surface area contributed by atoms with Gasteiger partial charge >= 0.3 is 6.18 Å². The molecule has 0 bridgehead atoms. The van der Waals surface area contributed by atoms with E-state index in [1.807, 2.05) is 0 Å². The first-order valence-corrected chi connectivity index (χ1v) is 6.26. The predicted molar refractivity (Wildman–Crippen MR) is 66.4 cm³/mol. The first-order valence-electron chi connectivity index (χ1n) is 6.26. The van der Waals surface area contributed by atoms with Gasteiger partial charge in [0.2, 0.25) is 0 Å². The number of ether oxygens (including phenoxy) is 1. The van der Waals surface area contributed by atoms with Gasteiger partial charge in [0.15, 0.2) is 6.61 Å². The third-order valence-electron chi connectivity index (χ3n) is 3.01. The van der Waals surface area contributed by atoms with E-state index in [1.54, 1.807) is 4.90 Å². The highest BCUT2D eigenvalue weighted by Crippen LogP contribution is 2.35. The SMILES string of the molecule is O=C(COc1ccccc1C(F)(F)F)N1CCNCC1. The molecule has 0 atom stereocenters. The molecule has 1 fully saturated rings. The van der Waals surface area contributed by atoms with Crippen LogP contribution in [0.3, 0.4) is 0 Å². The summed E-state index contributed by atoms with van der Waals surface area (Å²) >= 11 is 0. The molecule has 0 unspecified atom stereocenters. The van der Waals surface area contributed by atoms with Crippen molar-refractivity contribution in [3.05, 3.63) is 29.8 Å². The molecule has 1 amide bonds. The van der Waals surface area contributed by atoms with Crippen LogP contribution in [0.5, 0.6) is 5.75 Å². The third kappa shape index (κ3) is 3.63. The molecule has 0 aliphatic carbocycles. The van der Waals surface area contributed by atoms with E-state index < -0.39 is 11.7 Å². The van der Waals surface area contributed by atoms with Gasteiger partial charge in [0.05, 0.1) is 5.56 Å². The molecule has 1 heterocycles. The van der Waals surface area contributed by atoms with Gasteiger partial charge in [-0.05, 0) is 12.1 Å². The number of alkyl halides is 3.